The van der Waals surface area contributed by atoms with Crippen LogP contribution in [0.2, 0.25) is 0 Å². The normalized spacial score (nSPS) is 8.40. The second kappa shape index (κ2) is 5.39. The minimum atomic E-state index is -0.829. The number of aromatic nitrogens is 1. The molecule has 0 spiro atoms. The van der Waals surface area contributed by atoms with Gasteiger partial charge in [0.05, 0.1) is 6.42 Å². The van der Waals surface area contributed by atoms with Gasteiger partial charge in [-0.05, 0) is 0 Å². The van der Waals surface area contributed by atoms with E-state index in [1.54, 1.807) is 11.6 Å². The van der Waals surface area contributed by atoms with Crippen LogP contribution in [-0.4, -0.2) is 67.4 Å². The van der Waals surface area contributed by atoms with Crippen molar-refractivity contribution in [1.29, 1.82) is 0 Å². The number of carboxylic acid groups (broad SMARTS) is 1. The van der Waals surface area contributed by atoms with Crippen LogP contribution in [0.25, 0.3) is 0 Å². The summed E-state index contributed by atoms with van der Waals surface area (Å²) in [5, 5.41) is 10.7. The van der Waals surface area contributed by atoms with Crippen LogP contribution in [0, 0.1) is 0 Å². The molecular formula is C5H6KNO2S. The molecular weight excluding hydrogens is 177 g/mol. The summed E-state index contributed by atoms with van der Waals surface area (Å²) in [6.45, 7) is 0. The fraction of sp³-hybridized carbons (Fsp3) is 0.200. The summed E-state index contributed by atoms with van der Waals surface area (Å²) in [6.07, 6.45) is 1.64. The van der Waals surface area contributed by atoms with Crippen molar-refractivity contribution < 1.29 is 9.90 Å². The van der Waals surface area contributed by atoms with Crippen molar-refractivity contribution in [1.82, 2.24) is 4.98 Å². The number of hydrogen-bond donors (Lipinski definition) is 1. The van der Waals surface area contributed by atoms with Crippen LogP contribution in [0.3, 0.4) is 0 Å². The van der Waals surface area contributed by atoms with Gasteiger partial charge in [-0.15, -0.1) is 11.3 Å². The topological polar surface area (TPSA) is 50.2 Å². The zero-order chi connectivity index (χ0) is 6.69. The van der Waals surface area contributed by atoms with Gasteiger partial charge in [-0.3, -0.25) is 4.79 Å². The Morgan fingerprint density at radius 3 is 2.90 bits per heavy atom. The van der Waals surface area contributed by atoms with E-state index in [0.717, 1.165) is 0 Å². The summed E-state index contributed by atoms with van der Waals surface area (Å²) in [6, 6.07) is 0. The second-order valence-electron chi connectivity index (χ2n) is 1.50. The molecule has 0 amide bonds. The van der Waals surface area contributed by atoms with E-state index >= 15 is 0 Å². The Balaban J connectivity index is 0.000000810. The molecule has 0 aliphatic heterocycles. The first kappa shape index (κ1) is 10.7. The molecule has 1 aromatic rings. The molecule has 1 rings (SSSR count). The first-order valence-electron chi connectivity index (χ1n) is 2.39. The van der Waals surface area contributed by atoms with Gasteiger partial charge < -0.3 is 5.11 Å². The van der Waals surface area contributed by atoms with Crippen LogP contribution >= 0.6 is 11.3 Å². The van der Waals surface area contributed by atoms with Gasteiger partial charge in [0, 0.05) is 11.6 Å². The van der Waals surface area contributed by atoms with E-state index in [2.05, 4.69) is 4.98 Å². The average molecular weight is 183 g/mol. The molecule has 0 aliphatic rings. The fourth-order valence-electron chi connectivity index (χ4n) is 0.470. The van der Waals surface area contributed by atoms with Crippen LogP contribution in [0.15, 0.2) is 11.6 Å². The van der Waals surface area contributed by atoms with Crippen LogP contribution in [0.4, 0.5) is 0 Å². The number of carbonyl (C=O) groups is 1. The predicted molar refractivity (Wildman–Crippen MR) is 40.6 cm³/mol. The van der Waals surface area contributed by atoms with Crippen molar-refractivity contribution in [2.45, 2.75) is 6.42 Å². The fourth-order valence-corrected chi connectivity index (χ4v) is 1.08. The minimum absolute atomic E-state index is 0. The summed E-state index contributed by atoms with van der Waals surface area (Å²) >= 11 is 1.36. The van der Waals surface area contributed by atoms with E-state index in [4.69, 9.17) is 5.11 Å². The van der Waals surface area contributed by atoms with Crippen molar-refractivity contribution in [3.8, 4) is 0 Å². The van der Waals surface area contributed by atoms with Gasteiger partial charge in [0.1, 0.15) is 5.01 Å². The first-order chi connectivity index (χ1) is 4.29. The number of hydrogen-bond acceptors (Lipinski definition) is 3. The Labute approximate surface area is 105 Å². The molecule has 0 radical (unpaired) electrons. The third-order valence-corrected chi connectivity index (χ3v) is 1.57. The molecule has 1 aromatic heterocycles. The van der Waals surface area contributed by atoms with Gasteiger partial charge in [0.15, 0.2) is 0 Å². The van der Waals surface area contributed by atoms with Crippen molar-refractivity contribution in [3.05, 3.63) is 16.6 Å². The number of thiazole rings is 1. The Bertz CT molecular complexity index is 199. The molecule has 1 heterocycles. The quantitative estimate of drug-likeness (QED) is 0.663. The summed E-state index contributed by atoms with van der Waals surface area (Å²) < 4.78 is 0. The Morgan fingerprint density at radius 2 is 2.50 bits per heavy atom. The second-order valence-corrected chi connectivity index (χ2v) is 2.48. The number of carboxylic acids is 1. The number of nitrogens with zero attached hydrogens (tertiary/aromatic N) is 1. The standard InChI is InChI=1S/C5H5NO2S.K.H/c7-5(8)3-4-6-1-2-9-4;;/h1-2H,3H2,(H,7,8);;. The summed E-state index contributed by atoms with van der Waals surface area (Å²) in [5.74, 6) is -0.829. The molecule has 50 valence electrons. The van der Waals surface area contributed by atoms with Crippen LogP contribution < -0.4 is 0 Å². The van der Waals surface area contributed by atoms with Crippen molar-refractivity contribution in [2.75, 3.05) is 0 Å². The van der Waals surface area contributed by atoms with Crippen LogP contribution in [0.1, 0.15) is 5.01 Å². The van der Waals surface area contributed by atoms with E-state index in [9.17, 15) is 4.79 Å². The molecule has 0 saturated heterocycles. The Hall–Kier alpha value is 0.736. The zero-order valence-corrected chi connectivity index (χ0v) is 5.39. The summed E-state index contributed by atoms with van der Waals surface area (Å²) in [4.78, 5) is 13.8. The zero-order valence-electron chi connectivity index (χ0n) is 4.57. The van der Waals surface area contributed by atoms with Gasteiger partial charge in [-0.1, -0.05) is 0 Å². The van der Waals surface area contributed by atoms with E-state index < -0.39 is 5.97 Å². The molecule has 0 bridgehead atoms. The molecule has 0 unspecified atom stereocenters. The van der Waals surface area contributed by atoms with Crippen molar-refractivity contribution in [2.24, 2.45) is 0 Å². The average Bonchev–Trinajstić information content (AvgIpc) is 2.15. The van der Waals surface area contributed by atoms with Gasteiger partial charge in [0.25, 0.3) is 0 Å². The molecule has 10 heavy (non-hydrogen) atoms. The maximum atomic E-state index is 10.0. The molecule has 0 aliphatic carbocycles. The number of rotatable bonds is 2. The molecule has 5 heteroatoms. The number of aliphatic carboxylic acids is 1. The first-order valence-corrected chi connectivity index (χ1v) is 3.27. The molecule has 0 aromatic carbocycles. The Morgan fingerprint density at radius 1 is 1.80 bits per heavy atom. The van der Waals surface area contributed by atoms with Gasteiger partial charge >= 0.3 is 57.4 Å². The van der Waals surface area contributed by atoms with E-state index in [1.165, 1.54) is 11.3 Å². The molecule has 3 nitrogen and oxygen atoms in total. The van der Waals surface area contributed by atoms with Crippen molar-refractivity contribution in [3.63, 3.8) is 0 Å². The van der Waals surface area contributed by atoms with E-state index in [0.29, 0.717) is 5.01 Å². The van der Waals surface area contributed by atoms with Gasteiger partial charge in [0.2, 0.25) is 0 Å². The molecule has 0 fully saturated rings. The van der Waals surface area contributed by atoms with Crippen LogP contribution in [0.5, 0.6) is 0 Å². The summed E-state index contributed by atoms with van der Waals surface area (Å²) in [5.41, 5.74) is 0. The molecule has 0 saturated carbocycles. The van der Waals surface area contributed by atoms with Crippen molar-refractivity contribution >= 4 is 68.7 Å². The Kier molecular flexibility index (Phi) is 5.79. The predicted octanol–water partition coefficient (Wildman–Crippen LogP) is 0.122. The molecule has 1 N–H and O–H groups in total. The van der Waals surface area contributed by atoms with Gasteiger partial charge in [-0.25, -0.2) is 4.98 Å². The SMILES string of the molecule is O=C(O)Cc1nccs1.[KH]. The third kappa shape index (κ3) is 3.80. The van der Waals surface area contributed by atoms with Gasteiger partial charge in [-0.2, -0.15) is 0 Å². The molecule has 0 atom stereocenters. The van der Waals surface area contributed by atoms with Crippen LogP contribution in [-0.2, 0) is 11.2 Å². The van der Waals surface area contributed by atoms with E-state index in [-0.39, 0.29) is 57.8 Å². The van der Waals surface area contributed by atoms with E-state index in [1.807, 2.05) is 0 Å². The summed E-state index contributed by atoms with van der Waals surface area (Å²) in [7, 11) is 0. The third-order valence-electron chi connectivity index (χ3n) is 0.786. The monoisotopic (exact) mass is 183 g/mol. The maximum absolute atomic E-state index is 10.0.